The standard InChI is InChI=1S/C23H21N3O3S/c1-15(13-27)11-24-17-8-6-16(7-9-17)10-18-12-25-23(30-18)26-22(28)20-14-29-21-5-3-2-4-19(20)21/h2-9,12-15,24H,10-11H2,1H3,(H,25,26,28). The average molecular weight is 420 g/mol. The number of aromatic nitrogens is 1. The van der Waals surface area contributed by atoms with E-state index in [0.29, 0.717) is 22.8 Å². The van der Waals surface area contributed by atoms with Gasteiger partial charge in [-0.2, -0.15) is 0 Å². The quantitative estimate of drug-likeness (QED) is 0.394. The van der Waals surface area contributed by atoms with E-state index < -0.39 is 0 Å². The second-order valence-electron chi connectivity index (χ2n) is 7.10. The minimum absolute atomic E-state index is 0.0180. The van der Waals surface area contributed by atoms with E-state index in [4.69, 9.17) is 4.42 Å². The summed E-state index contributed by atoms with van der Waals surface area (Å²) in [5, 5.41) is 7.43. The van der Waals surface area contributed by atoms with E-state index in [0.717, 1.165) is 34.2 Å². The molecule has 152 valence electrons. The number of nitrogens with one attached hydrogen (secondary N) is 2. The van der Waals surface area contributed by atoms with Gasteiger partial charge in [0, 0.05) is 41.0 Å². The fourth-order valence-electron chi connectivity index (χ4n) is 3.03. The number of aldehydes is 1. The summed E-state index contributed by atoms with van der Waals surface area (Å²) >= 11 is 1.45. The Hall–Kier alpha value is -3.45. The number of anilines is 2. The van der Waals surface area contributed by atoms with Gasteiger partial charge in [-0.3, -0.25) is 10.1 Å². The molecule has 1 amide bonds. The van der Waals surface area contributed by atoms with Gasteiger partial charge >= 0.3 is 0 Å². The lowest BCUT2D eigenvalue weighted by Gasteiger charge is -2.08. The number of amides is 1. The van der Waals surface area contributed by atoms with Gasteiger partial charge in [-0.1, -0.05) is 37.3 Å². The highest BCUT2D eigenvalue weighted by atomic mass is 32.1. The molecule has 1 atom stereocenters. The van der Waals surface area contributed by atoms with Crippen LogP contribution in [0.1, 0.15) is 27.7 Å². The van der Waals surface area contributed by atoms with Crippen LogP contribution in [0, 0.1) is 5.92 Å². The lowest BCUT2D eigenvalue weighted by molar-refractivity contribution is -0.110. The number of benzene rings is 2. The van der Waals surface area contributed by atoms with Crippen LogP contribution in [0.3, 0.4) is 0 Å². The minimum Gasteiger partial charge on any atom is -0.463 e. The van der Waals surface area contributed by atoms with Crippen LogP contribution in [0.15, 0.2) is 65.4 Å². The molecule has 4 rings (SSSR count). The highest BCUT2D eigenvalue weighted by Crippen LogP contribution is 2.25. The van der Waals surface area contributed by atoms with Gasteiger partial charge in [0.25, 0.3) is 5.91 Å². The summed E-state index contributed by atoms with van der Waals surface area (Å²) in [6.07, 6.45) is 4.93. The van der Waals surface area contributed by atoms with Gasteiger partial charge in [-0.05, 0) is 23.8 Å². The Morgan fingerprint density at radius 3 is 2.80 bits per heavy atom. The van der Waals surface area contributed by atoms with Gasteiger partial charge in [0.2, 0.25) is 0 Å². The number of para-hydroxylation sites is 1. The third-order valence-electron chi connectivity index (χ3n) is 4.69. The maximum Gasteiger partial charge on any atom is 0.261 e. The fourth-order valence-corrected chi connectivity index (χ4v) is 3.88. The van der Waals surface area contributed by atoms with Crippen molar-refractivity contribution in [1.29, 1.82) is 0 Å². The number of fused-ring (bicyclic) bond motifs is 1. The Morgan fingerprint density at radius 2 is 2.00 bits per heavy atom. The van der Waals surface area contributed by atoms with Gasteiger partial charge in [-0.15, -0.1) is 11.3 Å². The molecule has 6 nitrogen and oxygen atoms in total. The van der Waals surface area contributed by atoms with Crippen LogP contribution in [0.5, 0.6) is 0 Å². The number of carbonyl (C=O) groups is 2. The molecule has 7 heteroatoms. The number of furan rings is 1. The van der Waals surface area contributed by atoms with E-state index in [9.17, 15) is 9.59 Å². The molecule has 0 radical (unpaired) electrons. The molecule has 0 saturated carbocycles. The van der Waals surface area contributed by atoms with Gasteiger partial charge < -0.3 is 14.5 Å². The molecule has 0 spiro atoms. The molecular weight excluding hydrogens is 398 g/mol. The molecule has 30 heavy (non-hydrogen) atoms. The minimum atomic E-state index is -0.235. The number of carbonyl (C=O) groups excluding carboxylic acids is 2. The average Bonchev–Trinajstić information content (AvgIpc) is 3.39. The molecule has 0 aliphatic heterocycles. The third-order valence-corrected chi connectivity index (χ3v) is 5.61. The third kappa shape index (κ3) is 4.58. The van der Waals surface area contributed by atoms with Gasteiger partial charge in [0.1, 0.15) is 18.1 Å². The van der Waals surface area contributed by atoms with Gasteiger partial charge in [0.15, 0.2) is 5.13 Å². The maximum atomic E-state index is 12.6. The van der Waals surface area contributed by atoms with E-state index in [-0.39, 0.29) is 11.8 Å². The van der Waals surface area contributed by atoms with Crippen LogP contribution < -0.4 is 10.6 Å². The lowest BCUT2D eigenvalue weighted by Crippen LogP contribution is -2.11. The van der Waals surface area contributed by atoms with Crippen LogP contribution in [0.2, 0.25) is 0 Å². The molecule has 0 bridgehead atoms. The van der Waals surface area contributed by atoms with Crippen LogP contribution in [0.4, 0.5) is 10.8 Å². The number of hydrogen-bond donors (Lipinski definition) is 2. The number of rotatable bonds is 8. The number of thiazole rings is 1. The Kier molecular flexibility index (Phi) is 5.90. The molecule has 2 aromatic carbocycles. The first kappa shape index (κ1) is 19.8. The predicted molar refractivity (Wildman–Crippen MR) is 119 cm³/mol. The zero-order chi connectivity index (χ0) is 20.9. The molecule has 2 aromatic heterocycles. The lowest BCUT2D eigenvalue weighted by atomic mass is 10.1. The summed E-state index contributed by atoms with van der Waals surface area (Å²) in [4.78, 5) is 28.7. The molecule has 4 aromatic rings. The van der Waals surface area contributed by atoms with Crippen LogP contribution in [0.25, 0.3) is 11.0 Å². The van der Waals surface area contributed by atoms with E-state index in [1.54, 1.807) is 6.20 Å². The molecule has 2 heterocycles. The van der Waals surface area contributed by atoms with Crippen molar-refractivity contribution in [2.45, 2.75) is 13.3 Å². The van der Waals surface area contributed by atoms with E-state index in [1.165, 1.54) is 17.6 Å². The SMILES string of the molecule is CC(C=O)CNc1ccc(Cc2cnc(NC(=O)c3coc4ccccc34)s2)cc1. The maximum absolute atomic E-state index is 12.6. The fraction of sp³-hybridized carbons (Fsp3) is 0.174. The van der Waals surface area contributed by atoms with Crippen molar-refractivity contribution in [3.63, 3.8) is 0 Å². The Labute approximate surface area is 177 Å². The smallest absolute Gasteiger partial charge is 0.261 e. The molecule has 0 fully saturated rings. The summed E-state index contributed by atoms with van der Waals surface area (Å²) < 4.78 is 5.44. The summed E-state index contributed by atoms with van der Waals surface area (Å²) in [5.74, 6) is -0.253. The first-order chi connectivity index (χ1) is 14.6. The van der Waals surface area contributed by atoms with Crippen molar-refractivity contribution in [1.82, 2.24) is 4.98 Å². The van der Waals surface area contributed by atoms with E-state index in [2.05, 4.69) is 15.6 Å². The molecule has 1 unspecified atom stereocenters. The normalized spacial score (nSPS) is 11.9. The molecular formula is C23H21N3O3S. The monoisotopic (exact) mass is 419 g/mol. The predicted octanol–water partition coefficient (Wildman–Crippen LogP) is 4.98. The topological polar surface area (TPSA) is 84.2 Å². The number of nitrogens with zero attached hydrogens (tertiary/aromatic N) is 1. The zero-order valence-corrected chi connectivity index (χ0v) is 17.2. The highest BCUT2D eigenvalue weighted by molar-refractivity contribution is 7.15. The van der Waals surface area contributed by atoms with Crippen LogP contribution in [-0.4, -0.2) is 23.7 Å². The van der Waals surface area contributed by atoms with Gasteiger partial charge in [0.05, 0.1) is 5.56 Å². The molecule has 0 aliphatic rings. The van der Waals surface area contributed by atoms with Gasteiger partial charge in [-0.25, -0.2) is 4.98 Å². The summed E-state index contributed by atoms with van der Waals surface area (Å²) in [7, 11) is 0. The summed E-state index contributed by atoms with van der Waals surface area (Å²) in [6, 6.07) is 15.5. The highest BCUT2D eigenvalue weighted by Gasteiger charge is 2.15. The zero-order valence-electron chi connectivity index (χ0n) is 16.4. The Balaban J connectivity index is 1.37. The van der Waals surface area contributed by atoms with Crippen molar-refractivity contribution in [3.8, 4) is 0 Å². The van der Waals surface area contributed by atoms with Crippen molar-refractivity contribution in [3.05, 3.63) is 77.0 Å². The summed E-state index contributed by atoms with van der Waals surface area (Å²) in [5.41, 5.74) is 3.30. The van der Waals surface area contributed by atoms with Crippen molar-refractivity contribution < 1.29 is 14.0 Å². The van der Waals surface area contributed by atoms with Crippen molar-refractivity contribution in [2.24, 2.45) is 5.92 Å². The molecule has 0 saturated heterocycles. The van der Waals surface area contributed by atoms with Crippen molar-refractivity contribution >= 4 is 45.3 Å². The first-order valence-electron chi connectivity index (χ1n) is 9.63. The largest absolute Gasteiger partial charge is 0.463 e. The second kappa shape index (κ2) is 8.92. The molecule has 2 N–H and O–H groups in total. The van der Waals surface area contributed by atoms with Crippen molar-refractivity contribution in [2.75, 3.05) is 17.2 Å². The second-order valence-corrected chi connectivity index (χ2v) is 8.21. The van der Waals surface area contributed by atoms with E-state index in [1.807, 2.05) is 55.5 Å². The first-order valence-corrected chi connectivity index (χ1v) is 10.4. The van der Waals surface area contributed by atoms with Crippen LogP contribution >= 0.6 is 11.3 Å². The van der Waals surface area contributed by atoms with Crippen LogP contribution in [-0.2, 0) is 11.2 Å². The number of hydrogen-bond acceptors (Lipinski definition) is 6. The van der Waals surface area contributed by atoms with E-state index >= 15 is 0 Å². The Morgan fingerprint density at radius 1 is 1.20 bits per heavy atom. The molecule has 0 aliphatic carbocycles. The summed E-state index contributed by atoms with van der Waals surface area (Å²) in [6.45, 7) is 2.50. The Bertz CT molecular complexity index is 1160.